The minimum Gasteiger partial charge on any atom is -0.497 e. The molecule has 4 heteroatoms. The third-order valence-electron chi connectivity index (χ3n) is 4.36. The highest BCUT2D eigenvalue weighted by Crippen LogP contribution is 2.32. The average Bonchev–Trinajstić information content (AvgIpc) is 2.90. The molecule has 1 aliphatic heterocycles. The number of nitrogens with one attached hydrogen (secondary N) is 2. The lowest BCUT2D eigenvalue weighted by atomic mass is 9.87. The second-order valence-corrected chi connectivity index (χ2v) is 5.72. The van der Waals surface area contributed by atoms with Crippen molar-refractivity contribution in [3.8, 4) is 5.75 Å². The van der Waals surface area contributed by atoms with Gasteiger partial charge in [0, 0.05) is 25.0 Å². The largest absolute Gasteiger partial charge is 0.497 e. The minimum absolute atomic E-state index is 0.186. The average molecular weight is 274 g/mol. The number of hydrogen-bond donors (Lipinski definition) is 2. The highest BCUT2D eigenvalue weighted by Gasteiger charge is 2.24. The molecule has 1 aromatic rings. The van der Waals surface area contributed by atoms with Crippen LogP contribution in [0.3, 0.4) is 0 Å². The third kappa shape index (κ3) is 2.80. The van der Waals surface area contributed by atoms with E-state index in [1.165, 1.54) is 24.0 Å². The molecule has 2 atom stereocenters. The molecule has 0 saturated carbocycles. The Morgan fingerprint density at radius 1 is 1.35 bits per heavy atom. The molecule has 0 spiro atoms. The van der Waals surface area contributed by atoms with Gasteiger partial charge >= 0.3 is 0 Å². The monoisotopic (exact) mass is 274 g/mol. The van der Waals surface area contributed by atoms with Crippen LogP contribution in [0.25, 0.3) is 0 Å². The van der Waals surface area contributed by atoms with Gasteiger partial charge in [0.2, 0.25) is 5.91 Å². The Balaban J connectivity index is 1.65. The Labute approximate surface area is 119 Å². The Morgan fingerprint density at radius 2 is 2.25 bits per heavy atom. The fourth-order valence-electron chi connectivity index (χ4n) is 3.24. The molecule has 0 bridgehead atoms. The van der Waals surface area contributed by atoms with Crippen molar-refractivity contribution in [2.75, 3.05) is 13.7 Å². The molecule has 20 heavy (non-hydrogen) atoms. The number of hydrogen-bond acceptors (Lipinski definition) is 3. The highest BCUT2D eigenvalue weighted by molar-refractivity contribution is 5.78. The number of aryl methyl sites for hydroxylation is 1. The van der Waals surface area contributed by atoms with Gasteiger partial charge < -0.3 is 15.4 Å². The lowest BCUT2D eigenvalue weighted by molar-refractivity contribution is -0.119. The minimum atomic E-state index is 0.186. The van der Waals surface area contributed by atoms with E-state index in [9.17, 15) is 4.79 Å². The Kier molecular flexibility index (Phi) is 3.92. The number of carbonyl (C=O) groups excluding carboxylic acids is 1. The van der Waals surface area contributed by atoms with E-state index in [1.807, 2.05) is 6.07 Å². The fraction of sp³-hybridized carbons (Fsp3) is 0.562. The molecule has 1 aliphatic carbocycles. The predicted molar refractivity (Wildman–Crippen MR) is 77.8 cm³/mol. The molecule has 1 heterocycles. The van der Waals surface area contributed by atoms with Gasteiger partial charge in [0.25, 0.3) is 0 Å². The zero-order valence-electron chi connectivity index (χ0n) is 11.9. The summed E-state index contributed by atoms with van der Waals surface area (Å²) in [6.45, 7) is 0.863. The van der Waals surface area contributed by atoms with Crippen molar-refractivity contribution in [2.24, 2.45) is 0 Å². The summed E-state index contributed by atoms with van der Waals surface area (Å²) in [6.07, 6.45) is 5.12. The van der Waals surface area contributed by atoms with Gasteiger partial charge in [-0.3, -0.25) is 4.79 Å². The van der Waals surface area contributed by atoms with Crippen LogP contribution >= 0.6 is 0 Å². The number of ether oxygens (including phenoxy) is 1. The molecule has 0 radical (unpaired) electrons. The van der Waals surface area contributed by atoms with Crippen LogP contribution in [0.15, 0.2) is 18.2 Å². The van der Waals surface area contributed by atoms with Gasteiger partial charge in [-0.2, -0.15) is 0 Å². The molecule has 1 fully saturated rings. The van der Waals surface area contributed by atoms with E-state index in [0.29, 0.717) is 18.5 Å². The van der Waals surface area contributed by atoms with Gasteiger partial charge in [0.1, 0.15) is 5.75 Å². The molecular formula is C16H22N2O2. The zero-order valence-corrected chi connectivity index (χ0v) is 11.9. The quantitative estimate of drug-likeness (QED) is 0.882. The highest BCUT2D eigenvalue weighted by atomic mass is 16.5. The number of carbonyl (C=O) groups is 1. The smallest absolute Gasteiger partial charge is 0.220 e. The molecular weight excluding hydrogens is 252 g/mol. The SMILES string of the molecule is COc1ccc2c(c1)CCCC2NCC1CCC(=O)N1. The van der Waals surface area contributed by atoms with Gasteiger partial charge in [-0.05, 0) is 48.9 Å². The Bertz CT molecular complexity index is 501. The topological polar surface area (TPSA) is 50.4 Å². The summed E-state index contributed by atoms with van der Waals surface area (Å²) >= 11 is 0. The van der Waals surface area contributed by atoms with Gasteiger partial charge in [0.05, 0.1) is 7.11 Å². The second kappa shape index (κ2) is 5.83. The first-order valence-electron chi connectivity index (χ1n) is 7.46. The van der Waals surface area contributed by atoms with Crippen LogP contribution in [0, 0.1) is 0 Å². The number of amides is 1. The van der Waals surface area contributed by atoms with Crippen LogP contribution in [0.4, 0.5) is 0 Å². The van der Waals surface area contributed by atoms with Gasteiger partial charge in [-0.15, -0.1) is 0 Å². The van der Waals surface area contributed by atoms with Crippen molar-refractivity contribution in [1.29, 1.82) is 0 Å². The van der Waals surface area contributed by atoms with E-state index in [4.69, 9.17) is 4.74 Å². The molecule has 1 amide bonds. The lowest BCUT2D eigenvalue weighted by Gasteiger charge is -2.28. The summed E-state index contributed by atoms with van der Waals surface area (Å²) in [5.41, 5.74) is 2.78. The van der Waals surface area contributed by atoms with Crippen molar-refractivity contribution in [3.05, 3.63) is 29.3 Å². The number of rotatable bonds is 4. The molecule has 4 nitrogen and oxygen atoms in total. The molecule has 1 aromatic carbocycles. The summed E-state index contributed by atoms with van der Waals surface area (Å²) in [4.78, 5) is 11.2. The first-order chi connectivity index (χ1) is 9.76. The van der Waals surface area contributed by atoms with Crippen molar-refractivity contribution in [2.45, 2.75) is 44.2 Å². The zero-order chi connectivity index (χ0) is 13.9. The summed E-state index contributed by atoms with van der Waals surface area (Å²) < 4.78 is 5.30. The normalized spacial score (nSPS) is 25.1. The standard InChI is InChI=1S/C16H22N2O2/c1-20-13-6-7-14-11(9-13)3-2-4-15(14)17-10-12-5-8-16(19)18-12/h6-7,9,12,15,17H,2-5,8,10H2,1H3,(H,18,19). The van der Waals surface area contributed by atoms with E-state index in [2.05, 4.69) is 22.8 Å². The van der Waals surface area contributed by atoms with Gasteiger partial charge in [0.15, 0.2) is 0 Å². The van der Waals surface area contributed by atoms with Crippen molar-refractivity contribution < 1.29 is 9.53 Å². The number of benzene rings is 1. The fourth-order valence-corrected chi connectivity index (χ4v) is 3.24. The molecule has 3 rings (SSSR count). The van der Waals surface area contributed by atoms with Crippen molar-refractivity contribution in [1.82, 2.24) is 10.6 Å². The van der Waals surface area contributed by atoms with Gasteiger partial charge in [-0.1, -0.05) is 6.07 Å². The summed E-state index contributed by atoms with van der Waals surface area (Å²) in [7, 11) is 1.71. The van der Waals surface area contributed by atoms with Crippen LogP contribution in [0.1, 0.15) is 42.9 Å². The molecule has 1 saturated heterocycles. The lowest BCUT2D eigenvalue weighted by Crippen LogP contribution is -2.38. The summed E-state index contributed by atoms with van der Waals surface area (Å²) in [5.74, 6) is 1.12. The van der Waals surface area contributed by atoms with Crippen LogP contribution < -0.4 is 15.4 Å². The van der Waals surface area contributed by atoms with Crippen LogP contribution in [0.2, 0.25) is 0 Å². The Morgan fingerprint density at radius 3 is 3.00 bits per heavy atom. The second-order valence-electron chi connectivity index (χ2n) is 5.72. The van der Waals surface area contributed by atoms with E-state index >= 15 is 0 Å². The summed E-state index contributed by atoms with van der Waals surface area (Å²) in [5, 5.41) is 6.64. The maximum atomic E-state index is 11.2. The van der Waals surface area contributed by atoms with Crippen LogP contribution in [0.5, 0.6) is 5.75 Å². The molecule has 2 aliphatic rings. The maximum Gasteiger partial charge on any atom is 0.220 e. The molecule has 108 valence electrons. The van der Waals surface area contributed by atoms with Crippen molar-refractivity contribution >= 4 is 5.91 Å². The van der Waals surface area contributed by atoms with E-state index in [-0.39, 0.29) is 5.91 Å². The van der Waals surface area contributed by atoms with E-state index in [1.54, 1.807) is 7.11 Å². The van der Waals surface area contributed by atoms with E-state index in [0.717, 1.165) is 25.1 Å². The number of fused-ring (bicyclic) bond motifs is 1. The van der Waals surface area contributed by atoms with Crippen LogP contribution in [-0.4, -0.2) is 25.6 Å². The molecule has 0 aromatic heterocycles. The molecule has 2 N–H and O–H groups in total. The first kappa shape index (κ1) is 13.4. The third-order valence-corrected chi connectivity index (χ3v) is 4.36. The Hall–Kier alpha value is -1.55. The van der Waals surface area contributed by atoms with E-state index < -0.39 is 0 Å². The van der Waals surface area contributed by atoms with Gasteiger partial charge in [-0.25, -0.2) is 0 Å². The molecule has 2 unspecified atom stereocenters. The van der Waals surface area contributed by atoms with Crippen LogP contribution in [-0.2, 0) is 11.2 Å². The number of methoxy groups -OCH3 is 1. The summed E-state index contributed by atoms with van der Waals surface area (Å²) in [6, 6.07) is 7.07. The van der Waals surface area contributed by atoms with Crippen molar-refractivity contribution in [3.63, 3.8) is 0 Å². The predicted octanol–water partition coefficient (Wildman–Crippen LogP) is 1.94. The first-order valence-corrected chi connectivity index (χ1v) is 7.46. The maximum absolute atomic E-state index is 11.2.